The van der Waals surface area contributed by atoms with Gasteiger partial charge in [0.2, 0.25) is 11.8 Å². The summed E-state index contributed by atoms with van der Waals surface area (Å²) in [4.78, 5) is 55.9. The highest BCUT2D eigenvalue weighted by Crippen LogP contribution is 2.30. The van der Waals surface area contributed by atoms with Gasteiger partial charge >= 0.3 is 5.97 Å². The number of nitrogens with one attached hydrogen (secondary N) is 2. The number of aldehydes is 1. The average molecular weight is 580 g/mol. The quantitative estimate of drug-likeness (QED) is 0.186. The number of benzene rings is 3. The van der Waals surface area contributed by atoms with Gasteiger partial charge in [-0.3, -0.25) is 14.4 Å². The lowest BCUT2D eigenvalue weighted by molar-refractivity contribution is -0.157. The van der Waals surface area contributed by atoms with Gasteiger partial charge < -0.3 is 24.7 Å². The Morgan fingerprint density at radius 2 is 1.77 bits per heavy atom. The Balaban J connectivity index is 1.28. The lowest BCUT2D eigenvalue weighted by Gasteiger charge is -2.29. The van der Waals surface area contributed by atoms with Crippen LogP contribution in [0.3, 0.4) is 0 Å². The molecule has 0 unspecified atom stereocenters. The maximum atomic E-state index is 13.9. The number of aromatic amines is 1. The first-order chi connectivity index (χ1) is 20.6. The number of amides is 2. The maximum Gasteiger partial charge on any atom is 0.307 e. The summed E-state index contributed by atoms with van der Waals surface area (Å²) in [5.74, 6) is -1.70. The minimum absolute atomic E-state index is 0.0986. The molecule has 0 aliphatic carbocycles. The number of anilines is 1. The molecular weight excluding hydrogens is 542 g/mol. The van der Waals surface area contributed by atoms with Crippen molar-refractivity contribution in [2.45, 2.75) is 64.0 Å². The molecule has 5 rings (SSSR count). The molecule has 2 heterocycles. The Bertz CT molecular complexity index is 1620. The molecule has 0 bridgehead atoms. The summed E-state index contributed by atoms with van der Waals surface area (Å²) in [6.07, 6.45) is 2.43. The van der Waals surface area contributed by atoms with Crippen molar-refractivity contribution in [1.82, 2.24) is 9.88 Å². The van der Waals surface area contributed by atoms with Gasteiger partial charge in [-0.1, -0.05) is 48.5 Å². The van der Waals surface area contributed by atoms with Crippen LogP contribution in [0.4, 0.5) is 5.69 Å². The van der Waals surface area contributed by atoms with Gasteiger partial charge in [-0.05, 0) is 80.6 Å². The fraction of sp³-hybridized carbons (Fsp3) is 0.314. The number of rotatable bonds is 9. The average Bonchev–Trinajstić information content (AvgIpc) is 3.63. The fourth-order valence-corrected chi connectivity index (χ4v) is 5.61. The van der Waals surface area contributed by atoms with Crippen LogP contribution in [0, 0.1) is 0 Å². The van der Waals surface area contributed by atoms with Crippen molar-refractivity contribution in [2.75, 3.05) is 11.9 Å². The topological polar surface area (TPSA) is 109 Å². The van der Waals surface area contributed by atoms with E-state index < -0.39 is 23.5 Å². The molecule has 2 atom stereocenters. The lowest BCUT2D eigenvalue weighted by Crippen LogP contribution is -2.45. The van der Waals surface area contributed by atoms with E-state index in [-0.39, 0.29) is 18.2 Å². The number of carbonyl (C=O) groups excluding carboxylic acids is 4. The van der Waals surface area contributed by atoms with Crippen LogP contribution in [0.2, 0.25) is 0 Å². The van der Waals surface area contributed by atoms with Crippen LogP contribution in [0.1, 0.15) is 57.1 Å². The molecule has 222 valence electrons. The van der Waals surface area contributed by atoms with E-state index in [0.717, 1.165) is 39.6 Å². The zero-order valence-electron chi connectivity index (χ0n) is 24.8. The number of carbonyl (C=O) groups is 4. The van der Waals surface area contributed by atoms with Gasteiger partial charge in [-0.2, -0.15) is 0 Å². The van der Waals surface area contributed by atoms with Crippen LogP contribution in [0.5, 0.6) is 0 Å². The predicted octanol–water partition coefficient (Wildman–Crippen LogP) is 6.02. The predicted molar refractivity (Wildman–Crippen MR) is 167 cm³/mol. The second-order valence-corrected chi connectivity index (χ2v) is 12.0. The smallest absolute Gasteiger partial charge is 0.307 e. The largest absolute Gasteiger partial charge is 0.460 e. The lowest BCUT2D eigenvalue weighted by atomic mass is 9.93. The number of likely N-dealkylation sites (tertiary alicyclic amines) is 1. The van der Waals surface area contributed by atoms with E-state index in [2.05, 4.69) is 10.3 Å². The van der Waals surface area contributed by atoms with Crippen molar-refractivity contribution in [3.63, 3.8) is 0 Å². The molecule has 2 N–H and O–H groups in total. The van der Waals surface area contributed by atoms with Crippen LogP contribution in [-0.2, 0) is 30.3 Å². The fourth-order valence-electron chi connectivity index (χ4n) is 5.61. The molecule has 1 fully saturated rings. The second kappa shape index (κ2) is 12.7. The zero-order valence-corrected chi connectivity index (χ0v) is 24.8. The SMILES string of the molecule is CC(C)(C)OC(=O)C[C@@H](C(=O)N1CCC[C@H]1C(=O)Nc1ccc(-c2cc3cc(CC=O)ccc3[nH]2)cc1)c1ccccc1. The molecule has 8 nitrogen and oxygen atoms in total. The summed E-state index contributed by atoms with van der Waals surface area (Å²) in [6, 6.07) is 24.0. The molecule has 8 heteroatoms. The van der Waals surface area contributed by atoms with Crippen molar-refractivity contribution >= 4 is 40.7 Å². The summed E-state index contributed by atoms with van der Waals surface area (Å²) >= 11 is 0. The van der Waals surface area contributed by atoms with Crippen LogP contribution < -0.4 is 5.32 Å². The Hall–Kier alpha value is -4.72. The van der Waals surface area contributed by atoms with E-state index in [1.165, 1.54) is 0 Å². The third-order valence-corrected chi connectivity index (χ3v) is 7.60. The van der Waals surface area contributed by atoms with E-state index in [1.54, 1.807) is 25.7 Å². The molecule has 1 aliphatic rings. The van der Waals surface area contributed by atoms with Crippen molar-refractivity contribution in [1.29, 1.82) is 0 Å². The highest BCUT2D eigenvalue weighted by Gasteiger charge is 2.39. The number of fused-ring (bicyclic) bond motifs is 1. The molecule has 0 saturated carbocycles. The van der Waals surface area contributed by atoms with Crippen molar-refractivity contribution in [2.24, 2.45) is 0 Å². The third-order valence-electron chi connectivity index (χ3n) is 7.60. The van der Waals surface area contributed by atoms with Crippen LogP contribution in [-0.4, -0.2) is 52.1 Å². The standard InChI is InChI=1S/C35H37N3O5/c1-35(2,3)43-32(40)22-28(24-8-5-4-6-9-24)34(42)38-18-7-10-31(38)33(41)36-27-14-12-25(13-15-27)30-21-26-20-23(17-19-39)11-16-29(26)37-30/h4-6,8-9,11-16,19-21,28,31,37H,7,10,17-18,22H2,1-3H3,(H,36,41)/t28-,31+/m1/s1. The Labute approximate surface area is 251 Å². The number of aromatic nitrogens is 1. The van der Waals surface area contributed by atoms with Crippen molar-refractivity contribution in [3.05, 3.63) is 90.0 Å². The minimum Gasteiger partial charge on any atom is -0.460 e. The van der Waals surface area contributed by atoms with Crippen LogP contribution in [0.15, 0.2) is 78.9 Å². The summed E-state index contributed by atoms with van der Waals surface area (Å²) in [6.45, 7) is 5.83. The van der Waals surface area contributed by atoms with Crippen LogP contribution in [0.25, 0.3) is 22.2 Å². The molecule has 43 heavy (non-hydrogen) atoms. The zero-order chi connectivity index (χ0) is 30.6. The Kier molecular flexibility index (Phi) is 8.76. The van der Waals surface area contributed by atoms with Gasteiger partial charge in [0.1, 0.15) is 17.9 Å². The van der Waals surface area contributed by atoms with E-state index >= 15 is 0 Å². The molecule has 0 radical (unpaired) electrons. The molecular formula is C35H37N3O5. The highest BCUT2D eigenvalue weighted by atomic mass is 16.6. The molecule has 3 aromatic carbocycles. The number of ether oxygens (including phenoxy) is 1. The number of esters is 1. The first kappa shape index (κ1) is 29.8. The molecule has 4 aromatic rings. The molecule has 1 aliphatic heterocycles. The van der Waals surface area contributed by atoms with Gasteiger partial charge in [0.05, 0.1) is 12.3 Å². The number of nitrogens with zero attached hydrogens (tertiary/aromatic N) is 1. The molecule has 2 amide bonds. The van der Waals surface area contributed by atoms with Gasteiger partial charge in [-0.25, -0.2) is 0 Å². The number of hydrogen-bond acceptors (Lipinski definition) is 5. The van der Waals surface area contributed by atoms with E-state index in [1.807, 2.05) is 78.9 Å². The maximum absolute atomic E-state index is 13.9. The molecule has 1 saturated heterocycles. The first-order valence-corrected chi connectivity index (χ1v) is 14.6. The first-order valence-electron chi connectivity index (χ1n) is 14.6. The van der Waals surface area contributed by atoms with E-state index in [0.29, 0.717) is 31.5 Å². The van der Waals surface area contributed by atoms with Gasteiger partial charge in [0.25, 0.3) is 0 Å². The Morgan fingerprint density at radius 3 is 2.47 bits per heavy atom. The van der Waals surface area contributed by atoms with Crippen molar-refractivity contribution in [3.8, 4) is 11.3 Å². The summed E-state index contributed by atoms with van der Waals surface area (Å²) in [5.41, 5.74) is 4.51. The third kappa shape index (κ3) is 7.20. The van der Waals surface area contributed by atoms with E-state index in [9.17, 15) is 19.2 Å². The number of H-pyrrole nitrogens is 1. The monoisotopic (exact) mass is 579 g/mol. The van der Waals surface area contributed by atoms with E-state index in [4.69, 9.17) is 4.74 Å². The van der Waals surface area contributed by atoms with Crippen molar-refractivity contribution < 1.29 is 23.9 Å². The second-order valence-electron chi connectivity index (χ2n) is 12.0. The summed E-state index contributed by atoms with van der Waals surface area (Å²) in [7, 11) is 0. The normalized spacial score (nSPS) is 15.7. The minimum atomic E-state index is -0.741. The summed E-state index contributed by atoms with van der Waals surface area (Å²) < 4.78 is 5.53. The highest BCUT2D eigenvalue weighted by molar-refractivity contribution is 5.99. The Morgan fingerprint density at radius 1 is 1.02 bits per heavy atom. The van der Waals surface area contributed by atoms with Gasteiger partial charge in [0, 0.05) is 35.2 Å². The van der Waals surface area contributed by atoms with Crippen LogP contribution >= 0.6 is 0 Å². The van der Waals surface area contributed by atoms with Gasteiger partial charge in [-0.15, -0.1) is 0 Å². The number of hydrogen-bond donors (Lipinski definition) is 2. The molecule has 1 aromatic heterocycles. The van der Waals surface area contributed by atoms with Gasteiger partial charge in [0.15, 0.2) is 0 Å². The summed E-state index contributed by atoms with van der Waals surface area (Å²) in [5, 5.41) is 4.00. The molecule has 0 spiro atoms.